The maximum Gasteiger partial charge on any atom is 0.123 e. The van der Waals surface area contributed by atoms with Gasteiger partial charge in [0.1, 0.15) is 11.6 Å². The highest BCUT2D eigenvalue weighted by Gasteiger charge is 2.05. The molecule has 1 aromatic carbocycles. The van der Waals surface area contributed by atoms with E-state index in [0.717, 1.165) is 24.2 Å². The van der Waals surface area contributed by atoms with E-state index in [0.29, 0.717) is 5.92 Å². The third kappa shape index (κ3) is 10.8. The first kappa shape index (κ1) is 21.2. The molecule has 0 atom stereocenters. The Morgan fingerprint density at radius 1 is 1.15 bits per heavy atom. The predicted octanol–water partition coefficient (Wildman–Crippen LogP) is 3.42. The van der Waals surface area contributed by atoms with Crippen LogP contribution in [0.15, 0.2) is 18.2 Å². The molecule has 0 saturated heterocycles. The topological polar surface area (TPSA) is 49.7 Å². The van der Waals surface area contributed by atoms with Crippen LogP contribution < -0.4 is 4.74 Å². The van der Waals surface area contributed by atoms with Gasteiger partial charge in [0.25, 0.3) is 0 Å². The van der Waals surface area contributed by atoms with Crippen molar-refractivity contribution in [3.63, 3.8) is 0 Å². The van der Waals surface area contributed by atoms with Crippen LogP contribution >= 0.6 is 0 Å². The fraction of sp³-hybridized carbons (Fsp3) is 0.625. The molecule has 0 spiro atoms. The lowest BCUT2D eigenvalue weighted by molar-refractivity contribution is 0.186. The van der Waals surface area contributed by atoms with E-state index in [1.165, 1.54) is 6.07 Å². The minimum atomic E-state index is -0.190. The summed E-state index contributed by atoms with van der Waals surface area (Å²) in [5.41, 5.74) is 0.959. The molecule has 0 aliphatic rings. The largest absolute Gasteiger partial charge is 0.496 e. The number of hydrogen-bond donors (Lipinski definition) is 2. The number of aliphatic hydroxyl groups is 2. The van der Waals surface area contributed by atoms with Crippen molar-refractivity contribution >= 4 is 0 Å². The SMILES string of the molecule is CC.COc1ccc(F)cc1CCC(C)C.OCCO. The minimum absolute atomic E-state index is 0.125. The summed E-state index contributed by atoms with van der Waals surface area (Å²) < 4.78 is 18.1. The number of halogens is 1. The lowest BCUT2D eigenvalue weighted by Gasteiger charge is -2.09. The lowest BCUT2D eigenvalue weighted by atomic mass is 10.0. The van der Waals surface area contributed by atoms with Gasteiger partial charge in [-0.15, -0.1) is 0 Å². The molecule has 3 nitrogen and oxygen atoms in total. The Labute approximate surface area is 122 Å². The molecule has 0 unspecified atom stereocenters. The zero-order chi connectivity index (χ0) is 16.0. The minimum Gasteiger partial charge on any atom is -0.496 e. The average molecular weight is 288 g/mol. The van der Waals surface area contributed by atoms with Crippen molar-refractivity contribution in [2.45, 2.75) is 40.5 Å². The number of aliphatic hydroxyl groups excluding tert-OH is 2. The van der Waals surface area contributed by atoms with Crippen molar-refractivity contribution < 1.29 is 19.3 Å². The van der Waals surface area contributed by atoms with Crippen LogP contribution in [0.5, 0.6) is 5.75 Å². The van der Waals surface area contributed by atoms with E-state index in [9.17, 15) is 4.39 Å². The van der Waals surface area contributed by atoms with Gasteiger partial charge in [-0.1, -0.05) is 27.7 Å². The van der Waals surface area contributed by atoms with Crippen molar-refractivity contribution in [2.75, 3.05) is 20.3 Å². The Morgan fingerprint density at radius 3 is 2.10 bits per heavy atom. The van der Waals surface area contributed by atoms with Gasteiger partial charge in [0.2, 0.25) is 0 Å². The Bertz CT molecular complexity index is 325. The van der Waals surface area contributed by atoms with Crippen LogP contribution in [0.3, 0.4) is 0 Å². The molecule has 0 aromatic heterocycles. The molecule has 1 aromatic rings. The number of rotatable bonds is 5. The van der Waals surface area contributed by atoms with Gasteiger partial charge in [0, 0.05) is 0 Å². The smallest absolute Gasteiger partial charge is 0.123 e. The number of benzene rings is 1. The van der Waals surface area contributed by atoms with E-state index in [-0.39, 0.29) is 19.0 Å². The Kier molecular flexibility index (Phi) is 15.1. The van der Waals surface area contributed by atoms with E-state index in [4.69, 9.17) is 14.9 Å². The maximum atomic E-state index is 13.0. The molecule has 0 saturated carbocycles. The second kappa shape index (κ2) is 14.3. The zero-order valence-electron chi connectivity index (χ0n) is 13.3. The molecule has 0 fully saturated rings. The van der Waals surface area contributed by atoms with E-state index < -0.39 is 0 Å². The van der Waals surface area contributed by atoms with Gasteiger partial charge in [0.05, 0.1) is 20.3 Å². The Balaban J connectivity index is 0. The van der Waals surface area contributed by atoms with Crippen LogP contribution in [0.1, 0.15) is 39.7 Å². The Hall–Kier alpha value is -1.13. The van der Waals surface area contributed by atoms with Crippen molar-refractivity contribution in [3.05, 3.63) is 29.6 Å². The van der Waals surface area contributed by atoms with Crippen molar-refractivity contribution in [1.29, 1.82) is 0 Å². The van der Waals surface area contributed by atoms with Crippen LogP contribution in [0.2, 0.25) is 0 Å². The molecule has 1 rings (SSSR count). The maximum absolute atomic E-state index is 13.0. The van der Waals surface area contributed by atoms with Gasteiger partial charge in [-0.2, -0.15) is 0 Å². The summed E-state index contributed by atoms with van der Waals surface area (Å²) in [6.07, 6.45) is 1.93. The Morgan fingerprint density at radius 2 is 1.70 bits per heavy atom. The van der Waals surface area contributed by atoms with E-state index >= 15 is 0 Å². The van der Waals surface area contributed by atoms with Crippen LogP contribution in [0.25, 0.3) is 0 Å². The summed E-state index contributed by atoms with van der Waals surface area (Å²) in [5, 5.41) is 15.2. The first-order chi connectivity index (χ1) is 9.54. The monoisotopic (exact) mass is 288 g/mol. The summed E-state index contributed by atoms with van der Waals surface area (Å²) in [4.78, 5) is 0. The van der Waals surface area contributed by atoms with Crippen LogP contribution in [0, 0.1) is 11.7 Å². The highest BCUT2D eigenvalue weighted by molar-refractivity contribution is 5.33. The van der Waals surface area contributed by atoms with Crippen LogP contribution in [-0.4, -0.2) is 30.5 Å². The molecule has 20 heavy (non-hydrogen) atoms. The first-order valence-corrected chi connectivity index (χ1v) is 7.09. The summed E-state index contributed by atoms with van der Waals surface area (Å²) in [6, 6.07) is 4.67. The molecule has 0 radical (unpaired) electrons. The molecule has 4 heteroatoms. The molecule has 0 aliphatic carbocycles. The van der Waals surface area contributed by atoms with Gasteiger partial charge < -0.3 is 14.9 Å². The van der Waals surface area contributed by atoms with E-state index in [1.54, 1.807) is 19.2 Å². The number of hydrogen-bond acceptors (Lipinski definition) is 3. The summed E-state index contributed by atoms with van der Waals surface area (Å²) >= 11 is 0. The summed E-state index contributed by atoms with van der Waals surface area (Å²) in [5.74, 6) is 1.22. The normalized spacial score (nSPS) is 9.25. The second-order valence-corrected chi connectivity index (χ2v) is 4.34. The van der Waals surface area contributed by atoms with Gasteiger partial charge in [-0.05, 0) is 42.5 Å². The van der Waals surface area contributed by atoms with Gasteiger partial charge in [0.15, 0.2) is 0 Å². The molecular weight excluding hydrogens is 259 g/mol. The van der Waals surface area contributed by atoms with Gasteiger partial charge in [-0.3, -0.25) is 0 Å². The quantitative estimate of drug-likeness (QED) is 0.873. The highest BCUT2D eigenvalue weighted by atomic mass is 19.1. The second-order valence-electron chi connectivity index (χ2n) is 4.34. The molecule has 0 aliphatic heterocycles. The number of ether oxygens (including phenoxy) is 1. The molecule has 0 amide bonds. The molecule has 0 heterocycles. The van der Waals surface area contributed by atoms with Crippen molar-refractivity contribution in [1.82, 2.24) is 0 Å². The summed E-state index contributed by atoms with van der Waals surface area (Å²) in [7, 11) is 1.62. The van der Waals surface area contributed by atoms with Crippen molar-refractivity contribution in [2.24, 2.45) is 5.92 Å². The molecule has 2 N–H and O–H groups in total. The standard InChI is InChI=1S/C12H17FO.C2H6O2.C2H6/c1-9(2)4-5-10-8-11(13)6-7-12(10)14-3;3-1-2-4;1-2/h6-9H,4-5H2,1-3H3;3-4H,1-2H2;1-2H3. The van der Waals surface area contributed by atoms with Gasteiger partial charge in [-0.25, -0.2) is 4.39 Å². The average Bonchev–Trinajstić information content (AvgIpc) is 2.47. The van der Waals surface area contributed by atoms with E-state index in [1.807, 2.05) is 13.8 Å². The van der Waals surface area contributed by atoms with E-state index in [2.05, 4.69) is 13.8 Å². The summed E-state index contributed by atoms with van der Waals surface area (Å²) in [6.45, 7) is 8.07. The third-order valence-corrected chi connectivity index (χ3v) is 2.33. The number of aryl methyl sites for hydroxylation is 1. The fourth-order valence-corrected chi connectivity index (χ4v) is 1.39. The highest BCUT2D eigenvalue weighted by Crippen LogP contribution is 2.21. The lowest BCUT2D eigenvalue weighted by Crippen LogP contribution is -1.96. The molecule has 118 valence electrons. The fourth-order valence-electron chi connectivity index (χ4n) is 1.39. The van der Waals surface area contributed by atoms with Crippen molar-refractivity contribution in [3.8, 4) is 5.75 Å². The van der Waals surface area contributed by atoms with Gasteiger partial charge >= 0.3 is 0 Å². The first-order valence-electron chi connectivity index (χ1n) is 7.09. The molecule has 0 bridgehead atoms. The van der Waals surface area contributed by atoms with Crippen LogP contribution in [-0.2, 0) is 6.42 Å². The molecular formula is C16H29FO3. The third-order valence-electron chi connectivity index (χ3n) is 2.33. The number of methoxy groups -OCH3 is 1. The predicted molar refractivity (Wildman–Crippen MR) is 81.6 cm³/mol. The zero-order valence-corrected chi connectivity index (χ0v) is 13.3. The van der Waals surface area contributed by atoms with Crippen LogP contribution in [0.4, 0.5) is 4.39 Å².